The lowest BCUT2D eigenvalue weighted by molar-refractivity contribution is 0.0696. The first-order chi connectivity index (χ1) is 18.2. The maximum Gasteiger partial charge on any atom is 0.335 e. The Morgan fingerprint density at radius 1 is 0.763 bits per heavy atom. The van der Waals surface area contributed by atoms with Crippen molar-refractivity contribution >= 4 is 27.5 Å². The number of aromatic carboxylic acids is 2. The molecule has 0 atom stereocenters. The van der Waals surface area contributed by atoms with Gasteiger partial charge >= 0.3 is 11.9 Å². The number of carboxylic acids is 2. The fourth-order valence-corrected chi connectivity index (χ4v) is 5.46. The number of ether oxygens (including phenoxy) is 1. The molecule has 0 amide bonds. The number of benzene rings is 2. The van der Waals surface area contributed by atoms with Crippen LogP contribution in [0.2, 0.25) is 0 Å². The molecule has 0 saturated heterocycles. The number of rotatable bonds is 19. The van der Waals surface area contributed by atoms with Gasteiger partial charge in [0, 0.05) is 18.8 Å². The Labute approximate surface area is 226 Å². The second-order valence-corrected chi connectivity index (χ2v) is 11.6. The molecule has 8 nitrogen and oxygen atoms in total. The summed E-state index contributed by atoms with van der Waals surface area (Å²) in [4.78, 5) is 25.1. The summed E-state index contributed by atoms with van der Waals surface area (Å²) in [5, 5.41) is 18.3. The lowest BCUT2D eigenvalue weighted by Crippen LogP contribution is -2.25. The molecule has 0 saturated carbocycles. The second-order valence-electron chi connectivity index (χ2n) is 9.48. The van der Waals surface area contributed by atoms with Gasteiger partial charge in [-0.2, -0.15) is 0 Å². The summed E-state index contributed by atoms with van der Waals surface area (Å²) in [5.74, 6) is -2.62. The maximum atomic E-state index is 12.9. The third-order valence-corrected chi connectivity index (χ3v) is 8.17. The third-order valence-electron chi connectivity index (χ3n) is 6.35. The largest absolute Gasteiger partial charge is 0.494 e. The molecule has 0 unspecified atom stereocenters. The van der Waals surface area contributed by atoms with Crippen molar-refractivity contribution in [2.45, 2.75) is 76.5 Å². The number of unbranched alkanes of at least 4 members (excludes halogenated alkanes) is 6. The first-order valence-electron chi connectivity index (χ1n) is 13.5. The second kappa shape index (κ2) is 16.0. The Morgan fingerprint density at radius 3 is 1.76 bits per heavy atom. The lowest BCUT2D eigenvalue weighted by atomic mass is 10.1. The first-order valence-corrected chi connectivity index (χ1v) is 15.2. The van der Waals surface area contributed by atoms with Crippen LogP contribution >= 0.6 is 0 Å². The van der Waals surface area contributed by atoms with Crippen LogP contribution in [0.4, 0.5) is 5.69 Å². The van der Waals surface area contributed by atoms with Gasteiger partial charge in [0.05, 0.1) is 28.4 Å². The average Bonchev–Trinajstić information content (AvgIpc) is 2.90. The first kappa shape index (κ1) is 31.1. The average molecular weight is 548 g/mol. The van der Waals surface area contributed by atoms with Gasteiger partial charge in [-0.3, -0.25) is 0 Å². The minimum Gasteiger partial charge on any atom is -0.494 e. The molecule has 2 rings (SSSR count). The van der Waals surface area contributed by atoms with E-state index in [0.717, 1.165) is 37.7 Å². The van der Waals surface area contributed by atoms with Crippen LogP contribution in [0.15, 0.2) is 47.4 Å². The smallest absolute Gasteiger partial charge is 0.335 e. The molecule has 210 valence electrons. The molecule has 9 heteroatoms. The zero-order valence-electron chi connectivity index (χ0n) is 22.5. The van der Waals surface area contributed by atoms with Gasteiger partial charge in [-0.25, -0.2) is 18.0 Å². The van der Waals surface area contributed by atoms with Gasteiger partial charge in [0.1, 0.15) is 5.75 Å². The number of nitrogens with zero attached hydrogens (tertiary/aromatic N) is 1. The highest BCUT2D eigenvalue weighted by Gasteiger charge is 2.16. The Balaban J connectivity index is 1.97. The zero-order valence-corrected chi connectivity index (χ0v) is 23.3. The van der Waals surface area contributed by atoms with Crippen LogP contribution in [0.25, 0.3) is 0 Å². The fourth-order valence-electron chi connectivity index (χ4n) is 4.18. The molecule has 38 heavy (non-hydrogen) atoms. The number of carboxylic acid groups (broad SMARTS) is 2. The number of hydrogen-bond acceptors (Lipinski definition) is 6. The van der Waals surface area contributed by atoms with E-state index in [2.05, 4.69) is 18.7 Å². The summed E-state index contributed by atoms with van der Waals surface area (Å²) >= 11 is 0. The summed E-state index contributed by atoms with van der Waals surface area (Å²) in [5.41, 5.74) is 0.614. The predicted octanol–water partition coefficient (Wildman–Crippen LogP) is 6.29. The van der Waals surface area contributed by atoms with Gasteiger partial charge in [0.15, 0.2) is 9.84 Å². The van der Waals surface area contributed by atoms with Crippen LogP contribution in [0.5, 0.6) is 5.75 Å². The number of hydrogen-bond donors (Lipinski definition) is 2. The van der Waals surface area contributed by atoms with Crippen LogP contribution in [-0.2, 0) is 9.84 Å². The zero-order chi connectivity index (χ0) is 28.0. The molecule has 0 aliphatic rings. The molecule has 2 N–H and O–H groups in total. The molecule has 0 radical (unpaired) electrons. The van der Waals surface area contributed by atoms with Gasteiger partial charge in [-0.15, -0.1) is 0 Å². The molecule has 2 aromatic rings. The molecule has 0 fully saturated rings. The van der Waals surface area contributed by atoms with E-state index >= 15 is 0 Å². The Hall–Kier alpha value is -3.07. The van der Waals surface area contributed by atoms with Crippen LogP contribution in [0.1, 0.15) is 92.4 Å². The minimum atomic E-state index is -3.54. The quantitative estimate of drug-likeness (QED) is 0.197. The SMILES string of the molecule is CCCCCCN(CCCCCC)c1ccc(S(=O)(=O)CCCOc2cc(C(=O)O)cc(C(=O)O)c2)cc1. The molecule has 2 aromatic carbocycles. The van der Waals surface area contributed by atoms with Gasteiger partial charge in [0.25, 0.3) is 0 Å². The van der Waals surface area contributed by atoms with E-state index in [9.17, 15) is 28.2 Å². The predicted molar refractivity (Wildman–Crippen MR) is 149 cm³/mol. The molecule has 0 aliphatic heterocycles. The van der Waals surface area contributed by atoms with Crippen molar-refractivity contribution in [3.05, 3.63) is 53.6 Å². The number of carbonyl (C=O) groups is 2. The van der Waals surface area contributed by atoms with Crippen LogP contribution in [-0.4, -0.2) is 56.0 Å². The summed E-state index contributed by atoms with van der Waals surface area (Å²) in [6, 6.07) is 10.6. The van der Waals surface area contributed by atoms with Crippen LogP contribution in [0.3, 0.4) is 0 Å². The molecule has 0 bridgehead atoms. The number of sulfone groups is 1. The minimum absolute atomic E-state index is 0.00272. The van der Waals surface area contributed by atoms with E-state index in [1.54, 1.807) is 12.1 Å². The molecule has 0 heterocycles. The summed E-state index contributed by atoms with van der Waals surface area (Å²) in [7, 11) is -3.54. The van der Waals surface area contributed by atoms with Crippen LogP contribution < -0.4 is 9.64 Å². The highest BCUT2D eigenvalue weighted by Crippen LogP contribution is 2.22. The van der Waals surface area contributed by atoms with Crippen molar-refractivity contribution < 1.29 is 33.0 Å². The Kier molecular flexibility index (Phi) is 13.1. The monoisotopic (exact) mass is 547 g/mol. The van der Waals surface area contributed by atoms with E-state index < -0.39 is 21.8 Å². The molecular weight excluding hydrogens is 506 g/mol. The fraction of sp³-hybridized carbons (Fsp3) is 0.517. The summed E-state index contributed by atoms with van der Waals surface area (Å²) < 4.78 is 31.2. The maximum absolute atomic E-state index is 12.9. The molecule has 0 spiro atoms. The molecule has 0 aliphatic carbocycles. The Morgan fingerprint density at radius 2 is 1.29 bits per heavy atom. The van der Waals surface area contributed by atoms with Crippen LogP contribution in [0, 0.1) is 0 Å². The van der Waals surface area contributed by atoms with Gasteiger partial charge in [0.2, 0.25) is 0 Å². The highest BCUT2D eigenvalue weighted by molar-refractivity contribution is 7.91. The van der Waals surface area contributed by atoms with E-state index in [0.29, 0.717) is 0 Å². The molecular formula is C29H41NO7S. The highest BCUT2D eigenvalue weighted by atomic mass is 32.2. The van der Waals surface area contributed by atoms with Crippen molar-refractivity contribution in [2.75, 3.05) is 30.3 Å². The van der Waals surface area contributed by atoms with E-state index in [-0.39, 0.29) is 40.6 Å². The van der Waals surface area contributed by atoms with E-state index in [1.807, 2.05) is 12.1 Å². The standard InChI is InChI=1S/C29H41NO7S/c1-3-5-7-9-16-30(17-10-8-6-4-2)25-12-14-27(15-13-25)38(35,36)19-11-18-37-26-21-23(28(31)32)20-24(22-26)29(33)34/h12-15,20-22H,3-11,16-19H2,1-2H3,(H,31,32)(H,33,34). The van der Waals surface area contributed by atoms with Gasteiger partial charge in [-0.05, 0) is 61.7 Å². The van der Waals surface area contributed by atoms with Crippen molar-refractivity contribution in [1.29, 1.82) is 0 Å². The summed E-state index contributed by atoms with van der Waals surface area (Å²) in [6.07, 6.45) is 9.59. The van der Waals surface area contributed by atoms with Gasteiger partial charge in [-0.1, -0.05) is 52.4 Å². The van der Waals surface area contributed by atoms with E-state index in [1.165, 1.54) is 50.7 Å². The lowest BCUT2D eigenvalue weighted by Gasteiger charge is -2.25. The van der Waals surface area contributed by atoms with Crippen molar-refractivity contribution in [2.24, 2.45) is 0 Å². The van der Waals surface area contributed by atoms with Gasteiger partial charge < -0.3 is 19.8 Å². The van der Waals surface area contributed by atoms with Crippen molar-refractivity contribution in [3.63, 3.8) is 0 Å². The summed E-state index contributed by atoms with van der Waals surface area (Å²) in [6.45, 7) is 6.31. The third kappa shape index (κ3) is 10.4. The molecule has 0 aromatic heterocycles. The topological polar surface area (TPSA) is 121 Å². The van der Waals surface area contributed by atoms with Crippen molar-refractivity contribution in [3.8, 4) is 5.75 Å². The van der Waals surface area contributed by atoms with Crippen molar-refractivity contribution in [1.82, 2.24) is 0 Å². The Bertz CT molecular complexity index is 1090. The number of anilines is 1. The van der Waals surface area contributed by atoms with E-state index in [4.69, 9.17) is 4.74 Å². The normalized spacial score (nSPS) is 11.3.